The second kappa shape index (κ2) is 7.57. The monoisotopic (exact) mass is 252 g/mol. The molecule has 94 valence electrons. The fourth-order valence-electron chi connectivity index (χ4n) is 0.829. The number of ether oxygens (including phenoxy) is 1. The average molecular weight is 252 g/mol. The molecule has 0 radical (unpaired) electrons. The Bertz CT molecular complexity index is 267. The summed E-state index contributed by atoms with van der Waals surface area (Å²) in [6.45, 7) is 8.20. The Balaban J connectivity index is 4.44. The number of phosphoric acid groups is 1. The van der Waals surface area contributed by atoms with Gasteiger partial charge >= 0.3 is 13.8 Å². The first kappa shape index (κ1) is 15.3. The number of carbonyl (C=O) groups is 1. The van der Waals surface area contributed by atoms with Gasteiger partial charge in [-0.25, -0.2) is 9.36 Å². The lowest BCUT2D eigenvalue weighted by Crippen LogP contribution is -2.21. The lowest BCUT2D eigenvalue weighted by atomic mass is 10.4. The average Bonchev–Trinajstić information content (AvgIpc) is 2.18. The highest BCUT2D eigenvalue weighted by atomic mass is 31.2. The fraction of sp³-hybridized carbons (Fsp3) is 0.667. The molecule has 0 amide bonds. The minimum atomic E-state index is -3.69. The Morgan fingerprint density at radius 2 is 1.88 bits per heavy atom. The number of carbonyl (C=O) groups excluding carboxylic acids is 1. The lowest BCUT2D eigenvalue weighted by molar-refractivity contribution is -0.146. The molecule has 16 heavy (non-hydrogen) atoms. The minimum Gasteiger partial charge on any atom is -0.433 e. The van der Waals surface area contributed by atoms with Crippen molar-refractivity contribution in [3.63, 3.8) is 0 Å². The van der Waals surface area contributed by atoms with E-state index in [1.165, 1.54) is 6.92 Å². The van der Waals surface area contributed by atoms with Crippen LogP contribution >= 0.6 is 7.82 Å². The van der Waals surface area contributed by atoms with E-state index < -0.39 is 19.9 Å². The zero-order chi connectivity index (χ0) is 12.6. The Kier molecular flexibility index (Phi) is 7.25. The summed E-state index contributed by atoms with van der Waals surface area (Å²) in [5.74, 6) is -0.713. The van der Waals surface area contributed by atoms with E-state index in [0.717, 1.165) is 6.26 Å². The topological polar surface area (TPSA) is 71.1 Å². The van der Waals surface area contributed by atoms with Gasteiger partial charge in [-0.2, -0.15) is 0 Å². The first-order valence-electron chi connectivity index (χ1n) is 4.88. The molecule has 7 heteroatoms. The van der Waals surface area contributed by atoms with Gasteiger partial charge in [0.2, 0.25) is 0 Å². The van der Waals surface area contributed by atoms with Crippen LogP contribution in [-0.2, 0) is 27.7 Å². The molecule has 0 aromatic rings. The van der Waals surface area contributed by atoms with Crippen molar-refractivity contribution in [3.05, 3.63) is 12.8 Å². The molecule has 1 unspecified atom stereocenters. The van der Waals surface area contributed by atoms with E-state index in [-0.39, 0.29) is 13.2 Å². The van der Waals surface area contributed by atoms with Crippen LogP contribution in [0.3, 0.4) is 0 Å². The van der Waals surface area contributed by atoms with E-state index in [1.54, 1.807) is 13.8 Å². The van der Waals surface area contributed by atoms with Crippen LogP contribution in [0.5, 0.6) is 0 Å². The second-order valence-electron chi connectivity index (χ2n) is 2.63. The van der Waals surface area contributed by atoms with Crippen molar-refractivity contribution >= 4 is 13.8 Å². The van der Waals surface area contributed by atoms with Crippen LogP contribution in [0, 0.1) is 0 Å². The number of hydrogen-bond acceptors (Lipinski definition) is 6. The van der Waals surface area contributed by atoms with Gasteiger partial charge in [-0.05, 0) is 20.8 Å². The maximum absolute atomic E-state index is 11.8. The van der Waals surface area contributed by atoms with Gasteiger partial charge in [-0.1, -0.05) is 6.58 Å². The van der Waals surface area contributed by atoms with Crippen molar-refractivity contribution in [1.82, 2.24) is 0 Å². The Hall–Kier alpha value is -0.680. The highest BCUT2D eigenvalue weighted by Crippen LogP contribution is 2.50. The second-order valence-corrected chi connectivity index (χ2v) is 4.26. The molecule has 0 rings (SSSR count). The molecule has 0 saturated carbocycles. The highest BCUT2D eigenvalue weighted by Gasteiger charge is 2.31. The summed E-state index contributed by atoms with van der Waals surface area (Å²) in [7, 11) is -3.69. The molecule has 0 aliphatic rings. The standard InChI is InChI=1S/C9H17O6P/c1-5-12-9(10)8(4)15-16(11,13-6-2)14-7-3/h5,8H,1,6-7H2,2-4H3. The van der Waals surface area contributed by atoms with Crippen LogP contribution in [0.15, 0.2) is 12.8 Å². The van der Waals surface area contributed by atoms with Crippen LogP contribution in [0.2, 0.25) is 0 Å². The van der Waals surface area contributed by atoms with Gasteiger partial charge in [0.25, 0.3) is 0 Å². The lowest BCUT2D eigenvalue weighted by Gasteiger charge is -2.19. The van der Waals surface area contributed by atoms with Crippen molar-refractivity contribution in [2.24, 2.45) is 0 Å². The molecule has 0 aromatic carbocycles. The van der Waals surface area contributed by atoms with Crippen molar-refractivity contribution < 1.29 is 27.7 Å². The number of rotatable bonds is 8. The summed E-state index contributed by atoms with van der Waals surface area (Å²) < 4.78 is 30.9. The van der Waals surface area contributed by atoms with Gasteiger partial charge in [0.05, 0.1) is 19.5 Å². The highest BCUT2D eigenvalue weighted by molar-refractivity contribution is 7.48. The maximum Gasteiger partial charge on any atom is 0.475 e. The first-order chi connectivity index (χ1) is 7.49. The zero-order valence-electron chi connectivity index (χ0n) is 9.67. The summed E-state index contributed by atoms with van der Waals surface area (Å²) in [5, 5.41) is 0. The van der Waals surface area contributed by atoms with E-state index in [4.69, 9.17) is 13.6 Å². The normalized spacial score (nSPS) is 13.2. The van der Waals surface area contributed by atoms with E-state index in [1.807, 2.05) is 0 Å². The summed E-state index contributed by atoms with van der Waals surface area (Å²) in [6.07, 6.45) is -0.0870. The molecule has 1 atom stereocenters. The number of hydrogen-bond donors (Lipinski definition) is 0. The molecule has 0 bridgehead atoms. The Morgan fingerprint density at radius 1 is 1.38 bits per heavy atom. The van der Waals surface area contributed by atoms with Crippen LogP contribution < -0.4 is 0 Å². The SMILES string of the molecule is C=COC(=O)C(C)OP(=O)(OCC)OCC. The third-order valence-corrected chi connectivity index (χ3v) is 3.12. The van der Waals surface area contributed by atoms with Crippen molar-refractivity contribution in [2.75, 3.05) is 13.2 Å². The van der Waals surface area contributed by atoms with Gasteiger partial charge in [0, 0.05) is 0 Å². The Labute approximate surface area is 95.1 Å². The molecule has 0 aromatic heterocycles. The summed E-state index contributed by atoms with van der Waals surface area (Å²) in [5.41, 5.74) is 0. The molecule has 0 fully saturated rings. The van der Waals surface area contributed by atoms with Crippen LogP contribution in [0.25, 0.3) is 0 Å². The van der Waals surface area contributed by atoms with E-state index >= 15 is 0 Å². The fourth-order valence-corrected chi connectivity index (χ4v) is 2.13. The molecule has 0 heterocycles. The van der Waals surface area contributed by atoms with Crippen molar-refractivity contribution in [3.8, 4) is 0 Å². The number of esters is 1. The largest absolute Gasteiger partial charge is 0.475 e. The minimum absolute atomic E-state index is 0.153. The number of phosphoric ester groups is 1. The molecular weight excluding hydrogens is 235 g/mol. The Morgan fingerprint density at radius 3 is 2.25 bits per heavy atom. The van der Waals surface area contributed by atoms with Crippen molar-refractivity contribution in [1.29, 1.82) is 0 Å². The van der Waals surface area contributed by atoms with E-state index in [2.05, 4.69) is 11.3 Å². The smallest absolute Gasteiger partial charge is 0.433 e. The summed E-state index contributed by atoms with van der Waals surface area (Å²) in [4.78, 5) is 11.2. The summed E-state index contributed by atoms with van der Waals surface area (Å²) >= 11 is 0. The molecule has 0 N–H and O–H groups in total. The summed E-state index contributed by atoms with van der Waals surface area (Å²) in [6, 6.07) is 0. The first-order valence-corrected chi connectivity index (χ1v) is 6.34. The van der Waals surface area contributed by atoms with E-state index in [9.17, 15) is 9.36 Å². The predicted molar refractivity (Wildman–Crippen MR) is 57.7 cm³/mol. The molecule has 0 aliphatic heterocycles. The molecule has 0 saturated heterocycles. The van der Waals surface area contributed by atoms with Gasteiger partial charge in [-0.15, -0.1) is 0 Å². The van der Waals surface area contributed by atoms with Crippen LogP contribution in [-0.4, -0.2) is 25.3 Å². The van der Waals surface area contributed by atoms with Gasteiger partial charge in [0.1, 0.15) is 0 Å². The van der Waals surface area contributed by atoms with E-state index in [0.29, 0.717) is 0 Å². The van der Waals surface area contributed by atoms with Gasteiger partial charge in [-0.3, -0.25) is 13.6 Å². The third kappa shape index (κ3) is 5.42. The van der Waals surface area contributed by atoms with Gasteiger partial charge < -0.3 is 4.74 Å². The van der Waals surface area contributed by atoms with Crippen LogP contribution in [0.1, 0.15) is 20.8 Å². The molecule has 0 aliphatic carbocycles. The predicted octanol–water partition coefficient (Wildman–Crippen LogP) is 2.26. The van der Waals surface area contributed by atoms with Crippen LogP contribution in [0.4, 0.5) is 0 Å². The molecule has 0 spiro atoms. The molecular formula is C9H17O6P. The maximum atomic E-state index is 11.8. The zero-order valence-corrected chi connectivity index (χ0v) is 10.6. The van der Waals surface area contributed by atoms with Crippen molar-refractivity contribution in [2.45, 2.75) is 26.9 Å². The molecule has 6 nitrogen and oxygen atoms in total. The van der Waals surface area contributed by atoms with Gasteiger partial charge in [0.15, 0.2) is 6.10 Å². The quantitative estimate of drug-likeness (QED) is 0.375. The third-order valence-electron chi connectivity index (χ3n) is 1.39.